The van der Waals surface area contributed by atoms with Gasteiger partial charge in [-0.15, -0.1) is 0 Å². The van der Waals surface area contributed by atoms with E-state index < -0.39 is 5.97 Å². The summed E-state index contributed by atoms with van der Waals surface area (Å²) in [5.74, 6) is -0.992. The predicted molar refractivity (Wildman–Crippen MR) is 95.2 cm³/mol. The molecule has 0 fully saturated rings. The van der Waals surface area contributed by atoms with Gasteiger partial charge in [0.15, 0.2) is 0 Å². The van der Waals surface area contributed by atoms with Gasteiger partial charge in [0, 0.05) is 10.6 Å². The third kappa shape index (κ3) is 2.81. The Morgan fingerprint density at radius 1 is 1.08 bits per heavy atom. The van der Waals surface area contributed by atoms with Crippen LogP contribution < -0.4 is 0 Å². The predicted octanol–water partition coefficient (Wildman–Crippen LogP) is 4.82. The maximum Gasteiger partial charge on any atom is 0.339 e. The van der Waals surface area contributed by atoms with Gasteiger partial charge in [0.05, 0.1) is 17.1 Å². The van der Waals surface area contributed by atoms with E-state index in [-0.39, 0.29) is 5.56 Å². The van der Waals surface area contributed by atoms with E-state index in [0.717, 1.165) is 22.4 Å². The maximum absolute atomic E-state index is 11.8. The lowest BCUT2D eigenvalue weighted by Crippen LogP contribution is -2.04. The summed E-state index contributed by atoms with van der Waals surface area (Å²) in [4.78, 5) is 11.8. The van der Waals surface area contributed by atoms with Crippen molar-refractivity contribution in [1.29, 1.82) is 0 Å². The molecule has 3 rings (SSSR count). The summed E-state index contributed by atoms with van der Waals surface area (Å²) in [6, 6.07) is 13.1. The summed E-state index contributed by atoms with van der Waals surface area (Å²) < 4.78 is 1.71. The Labute approximate surface area is 145 Å². The summed E-state index contributed by atoms with van der Waals surface area (Å²) in [5.41, 5.74) is 5.04. The standard InChI is InChI=1S/C19H17ClN2O2/c1-11-4-9-16(12(2)10-11)22-18(14-5-7-15(20)8-6-14)17(19(23)24)13(3)21-22/h4-10H,1-3H3,(H,23,24). The van der Waals surface area contributed by atoms with Crippen LogP contribution in [0.15, 0.2) is 42.5 Å². The topological polar surface area (TPSA) is 55.1 Å². The van der Waals surface area contributed by atoms with Crippen LogP contribution in [0.25, 0.3) is 16.9 Å². The van der Waals surface area contributed by atoms with E-state index in [1.807, 2.05) is 38.1 Å². The van der Waals surface area contributed by atoms with Crippen LogP contribution in [0.5, 0.6) is 0 Å². The summed E-state index contributed by atoms with van der Waals surface area (Å²) in [6.45, 7) is 5.72. The van der Waals surface area contributed by atoms with Crippen LogP contribution in [0, 0.1) is 20.8 Å². The van der Waals surface area contributed by atoms with Crippen molar-refractivity contribution in [2.45, 2.75) is 20.8 Å². The van der Waals surface area contributed by atoms with E-state index >= 15 is 0 Å². The van der Waals surface area contributed by atoms with E-state index in [0.29, 0.717) is 16.4 Å². The lowest BCUT2D eigenvalue weighted by Gasteiger charge is -2.12. The fourth-order valence-electron chi connectivity index (χ4n) is 2.88. The maximum atomic E-state index is 11.8. The van der Waals surface area contributed by atoms with Crippen molar-refractivity contribution in [2.75, 3.05) is 0 Å². The first-order chi connectivity index (χ1) is 11.4. The highest BCUT2D eigenvalue weighted by Crippen LogP contribution is 2.31. The second kappa shape index (κ2) is 6.13. The van der Waals surface area contributed by atoms with Gasteiger partial charge < -0.3 is 5.11 Å². The van der Waals surface area contributed by atoms with Gasteiger partial charge in [0.25, 0.3) is 0 Å². The largest absolute Gasteiger partial charge is 0.478 e. The van der Waals surface area contributed by atoms with Gasteiger partial charge in [-0.3, -0.25) is 0 Å². The Kier molecular flexibility index (Phi) is 4.16. The number of rotatable bonds is 3. The molecule has 5 heteroatoms. The molecule has 0 saturated heterocycles. The molecule has 0 aliphatic heterocycles. The SMILES string of the molecule is Cc1ccc(-n2nc(C)c(C(=O)O)c2-c2ccc(Cl)cc2)c(C)c1. The number of carboxylic acid groups (broad SMARTS) is 1. The van der Waals surface area contributed by atoms with Gasteiger partial charge in [-0.1, -0.05) is 41.4 Å². The van der Waals surface area contributed by atoms with Crippen LogP contribution in [0.3, 0.4) is 0 Å². The Bertz CT molecular complexity index is 927. The molecule has 0 saturated carbocycles. The number of hydrogen-bond acceptors (Lipinski definition) is 2. The molecule has 122 valence electrons. The minimum Gasteiger partial charge on any atom is -0.478 e. The van der Waals surface area contributed by atoms with Crippen molar-refractivity contribution in [3.8, 4) is 16.9 Å². The fourth-order valence-corrected chi connectivity index (χ4v) is 3.00. The molecule has 1 heterocycles. The number of carbonyl (C=O) groups is 1. The Balaban J connectivity index is 2.32. The number of carboxylic acids is 1. The zero-order chi connectivity index (χ0) is 17.4. The Morgan fingerprint density at radius 2 is 1.75 bits per heavy atom. The molecule has 1 N–H and O–H groups in total. The summed E-state index contributed by atoms with van der Waals surface area (Å²) in [5, 5.41) is 14.8. The normalized spacial score (nSPS) is 10.8. The molecular weight excluding hydrogens is 324 g/mol. The number of aryl methyl sites for hydroxylation is 3. The van der Waals surface area contributed by atoms with Gasteiger partial charge in [-0.05, 0) is 44.5 Å². The second-order valence-electron chi connectivity index (χ2n) is 5.82. The molecular formula is C19H17ClN2O2. The summed E-state index contributed by atoms with van der Waals surface area (Å²) >= 11 is 5.97. The third-order valence-electron chi connectivity index (χ3n) is 3.97. The molecule has 0 spiro atoms. The number of benzene rings is 2. The monoisotopic (exact) mass is 340 g/mol. The Hall–Kier alpha value is -2.59. The van der Waals surface area contributed by atoms with Crippen LogP contribution >= 0.6 is 11.6 Å². The van der Waals surface area contributed by atoms with E-state index in [4.69, 9.17) is 11.6 Å². The minimum absolute atomic E-state index is 0.206. The Morgan fingerprint density at radius 3 is 2.33 bits per heavy atom. The number of aromatic nitrogens is 2. The molecule has 3 aromatic rings. The first-order valence-electron chi connectivity index (χ1n) is 7.55. The molecule has 0 atom stereocenters. The van der Waals surface area contributed by atoms with Crippen LogP contribution in [-0.4, -0.2) is 20.9 Å². The van der Waals surface area contributed by atoms with Crippen molar-refractivity contribution < 1.29 is 9.90 Å². The van der Waals surface area contributed by atoms with Crippen molar-refractivity contribution >= 4 is 17.6 Å². The van der Waals surface area contributed by atoms with E-state index in [9.17, 15) is 9.90 Å². The molecule has 1 aromatic heterocycles. The third-order valence-corrected chi connectivity index (χ3v) is 4.22. The van der Waals surface area contributed by atoms with Crippen molar-refractivity contribution in [1.82, 2.24) is 9.78 Å². The zero-order valence-electron chi connectivity index (χ0n) is 13.7. The molecule has 24 heavy (non-hydrogen) atoms. The quantitative estimate of drug-likeness (QED) is 0.744. The summed E-state index contributed by atoms with van der Waals surface area (Å²) in [6.07, 6.45) is 0. The molecule has 0 unspecified atom stereocenters. The average molecular weight is 341 g/mol. The van der Waals surface area contributed by atoms with Crippen molar-refractivity contribution in [3.05, 3.63) is 69.9 Å². The number of aromatic carboxylic acids is 1. The summed E-state index contributed by atoms with van der Waals surface area (Å²) in [7, 11) is 0. The van der Waals surface area contributed by atoms with Crippen LogP contribution in [-0.2, 0) is 0 Å². The molecule has 0 bridgehead atoms. The van der Waals surface area contributed by atoms with Crippen molar-refractivity contribution in [3.63, 3.8) is 0 Å². The van der Waals surface area contributed by atoms with Gasteiger partial charge >= 0.3 is 5.97 Å². The zero-order valence-corrected chi connectivity index (χ0v) is 14.4. The average Bonchev–Trinajstić information content (AvgIpc) is 2.85. The van der Waals surface area contributed by atoms with E-state index in [1.54, 1.807) is 23.7 Å². The molecule has 2 aromatic carbocycles. The van der Waals surface area contributed by atoms with Gasteiger partial charge in [0.2, 0.25) is 0 Å². The molecule has 0 aliphatic carbocycles. The van der Waals surface area contributed by atoms with Gasteiger partial charge in [0.1, 0.15) is 5.56 Å². The highest BCUT2D eigenvalue weighted by atomic mass is 35.5. The first-order valence-corrected chi connectivity index (χ1v) is 7.92. The van der Waals surface area contributed by atoms with Crippen LogP contribution in [0.2, 0.25) is 5.02 Å². The van der Waals surface area contributed by atoms with E-state index in [1.165, 1.54) is 0 Å². The second-order valence-corrected chi connectivity index (χ2v) is 6.26. The number of nitrogens with zero attached hydrogens (tertiary/aromatic N) is 2. The minimum atomic E-state index is -0.992. The van der Waals surface area contributed by atoms with Crippen LogP contribution in [0.4, 0.5) is 0 Å². The van der Waals surface area contributed by atoms with E-state index in [2.05, 4.69) is 11.2 Å². The lowest BCUT2D eigenvalue weighted by atomic mass is 10.0. The number of hydrogen-bond donors (Lipinski definition) is 1. The smallest absolute Gasteiger partial charge is 0.339 e. The molecule has 0 radical (unpaired) electrons. The fraction of sp³-hybridized carbons (Fsp3) is 0.158. The highest BCUT2D eigenvalue weighted by molar-refractivity contribution is 6.30. The van der Waals surface area contributed by atoms with Crippen molar-refractivity contribution in [2.24, 2.45) is 0 Å². The molecule has 4 nitrogen and oxygen atoms in total. The van der Waals surface area contributed by atoms with Gasteiger partial charge in [-0.2, -0.15) is 5.10 Å². The first kappa shape index (κ1) is 16.3. The molecule has 0 aliphatic rings. The van der Waals surface area contributed by atoms with Crippen LogP contribution in [0.1, 0.15) is 27.2 Å². The highest BCUT2D eigenvalue weighted by Gasteiger charge is 2.23. The lowest BCUT2D eigenvalue weighted by molar-refractivity contribution is 0.0697. The number of halogens is 1. The van der Waals surface area contributed by atoms with Gasteiger partial charge in [-0.25, -0.2) is 9.48 Å². The molecule has 0 amide bonds.